The fourth-order valence-corrected chi connectivity index (χ4v) is 3.51. The largest absolute Gasteiger partial charge is 0.489 e. The minimum Gasteiger partial charge on any atom is -0.489 e. The van der Waals surface area contributed by atoms with Gasteiger partial charge in [0, 0.05) is 16.8 Å². The molecule has 0 aliphatic heterocycles. The van der Waals surface area contributed by atoms with Crippen molar-refractivity contribution in [1.82, 2.24) is 15.6 Å². The van der Waals surface area contributed by atoms with Crippen molar-refractivity contribution in [1.29, 1.82) is 0 Å². The van der Waals surface area contributed by atoms with Gasteiger partial charge in [0.05, 0.1) is 5.69 Å². The van der Waals surface area contributed by atoms with Crippen LogP contribution in [-0.4, -0.2) is 16.2 Å². The summed E-state index contributed by atoms with van der Waals surface area (Å²) in [7, 11) is 0. The van der Waals surface area contributed by atoms with Gasteiger partial charge in [-0.1, -0.05) is 23.7 Å². The summed E-state index contributed by atoms with van der Waals surface area (Å²) in [6.45, 7) is 2.32. The van der Waals surface area contributed by atoms with Gasteiger partial charge in [0.25, 0.3) is 0 Å². The van der Waals surface area contributed by atoms with E-state index in [9.17, 15) is 4.79 Å². The number of hydrazine groups is 1. The Morgan fingerprint density at radius 1 is 1.20 bits per heavy atom. The number of aryl methyl sites for hydroxylation is 1. The number of hydrogen-bond donors (Lipinski definition) is 3. The Balaban J connectivity index is 1.56. The summed E-state index contributed by atoms with van der Waals surface area (Å²) in [5.74, 6) is 6.50. The summed E-state index contributed by atoms with van der Waals surface area (Å²) in [5, 5.41) is 11.2. The highest BCUT2D eigenvalue weighted by molar-refractivity contribution is 6.29. The molecule has 7 nitrogen and oxygen atoms in total. The van der Waals surface area contributed by atoms with Gasteiger partial charge in [-0.2, -0.15) is 0 Å². The molecule has 1 fully saturated rings. The molecule has 0 saturated heterocycles. The van der Waals surface area contributed by atoms with Crippen LogP contribution in [0, 0.1) is 6.92 Å². The van der Waals surface area contributed by atoms with Gasteiger partial charge >= 0.3 is 6.03 Å². The van der Waals surface area contributed by atoms with E-state index in [2.05, 4.69) is 27.0 Å². The average molecular weight is 424 g/mol. The monoisotopic (exact) mass is 423 g/mol. The molecule has 0 spiro atoms. The predicted octanol–water partition coefficient (Wildman–Crippen LogP) is 4.56. The number of carbonyl (C=O) groups is 1. The Labute approximate surface area is 179 Å². The van der Waals surface area contributed by atoms with Crippen molar-refractivity contribution in [3.8, 4) is 17.0 Å². The van der Waals surface area contributed by atoms with Gasteiger partial charge in [-0.25, -0.2) is 10.6 Å². The molecule has 1 heterocycles. The molecule has 2 amide bonds. The molecule has 154 valence electrons. The summed E-state index contributed by atoms with van der Waals surface area (Å²) < 4.78 is 6.15. The number of benzene rings is 2. The zero-order valence-corrected chi connectivity index (χ0v) is 17.2. The van der Waals surface area contributed by atoms with Crippen LogP contribution in [0.1, 0.15) is 35.4 Å². The first-order chi connectivity index (χ1) is 14.5. The van der Waals surface area contributed by atoms with Crippen LogP contribution < -0.4 is 21.3 Å². The zero-order chi connectivity index (χ0) is 21.1. The van der Waals surface area contributed by atoms with E-state index in [0.717, 1.165) is 41.0 Å². The van der Waals surface area contributed by atoms with Crippen LogP contribution >= 0.6 is 11.6 Å². The van der Waals surface area contributed by atoms with Gasteiger partial charge in [-0.3, -0.25) is 5.43 Å². The lowest BCUT2D eigenvalue weighted by Gasteiger charge is -2.17. The van der Waals surface area contributed by atoms with Crippen molar-refractivity contribution in [3.63, 3.8) is 0 Å². The van der Waals surface area contributed by atoms with Crippen LogP contribution in [0.4, 0.5) is 10.5 Å². The third-order valence-electron chi connectivity index (χ3n) is 5.08. The molecule has 0 unspecified atom stereocenters. The van der Waals surface area contributed by atoms with Crippen LogP contribution in [0.25, 0.3) is 11.3 Å². The van der Waals surface area contributed by atoms with Crippen LogP contribution in [0.15, 0.2) is 48.5 Å². The molecule has 1 aliphatic carbocycles. The highest BCUT2D eigenvalue weighted by Crippen LogP contribution is 2.43. The van der Waals surface area contributed by atoms with Gasteiger partial charge < -0.3 is 10.1 Å². The number of hydrogen-bond acceptors (Lipinski definition) is 5. The minimum absolute atomic E-state index is 0.341. The first-order valence-corrected chi connectivity index (χ1v) is 10.1. The van der Waals surface area contributed by atoms with Gasteiger partial charge in [-0.15, -0.1) is 10.2 Å². The molecule has 1 aliphatic rings. The van der Waals surface area contributed by atoms with E-state index in [-0.39, 0.29) is 0 Å². The Hall–Kier alpha value is -3.16. The standard InChI is InChI=1S/C22H22ClN5O2/c1-13-11-15(18-8-10-21(23)28-27-18)7-9-20(13)30-12-17-16(14-5-6-14)3-2-4-19(17)25-22(29)26-24/h2-4,7-11,14H,5-6,12,24H2,1H3,(H2,25,26,29). The van der Waals surface area contributed by atoms with Crippen molar-refractivity contribution in [2.45, 2.75) is 32.3 Å². The molecule has 4 N–H and O–H groups in total. The molecule has 0 bridgehead atoms. The number of urea groups is 1. The minimum atomic E-state index is -0.464. The van der Waals surface area contributed by atoms with E-state index in [0.29, 0.717) is 23.4 Å². The second-order valence-electron chi connectivity index (χ2n) is 7.26. The van der Waals surface area contributed by atoms with Crippen molar-refractivity contribution in [2.24, 2.45) is 5.84 Å². The number of anilines is 1. The van der Waals surface area contributed by atoms with Gasteiger partial charge in [0.15, 0.2) is 5.15 Å². The third-order valence-corrected chi connectivity index (χ3v) is 5.29. The molecule has 0 radical (unpaired) electrons. The summed E-state index contributed by atoms with van der Waals surface area (Å²) in [6, 6.07) is 14.8. The summed E-state index contributed by atoms with van der Waals surface area (Å²) in [5.41, 5.74) is 7.63. The smallest absolute Gasteiger partial charge is 0.333 e. The van der Waals surface area contributed by atoms with E-state index in [4.69, 9.17) is 22.2 Å². The van der Waals surface area contributed by atoms with E-state index < -0.39 is 6.03 Å². The highest BCUT2D eigenvalue weighted by atomic mass is 35.5. The molecule has 1 aromatic heterocycles. The molecule has 8 heteroatoms. The lowest BCUT2D eigenvalue weighted by molar-refractivity contribution is 0.252. The lowest BCUT2D eigenvalue weighted by atomic mass is 10.0. The quantitative estimate of drug-likeness (QED) is 0.306. The Bertz CT molecular complexity index is 1070. The predicted molar refractivity (Wildman–Crippen MR) is 116 cm³/mol. The molecule has 3 aromatic rings. The third kappa shape index (κ3) is 4.53. The van der Waals surface area contributed by atoms with E-state index in [1.165, 1.54) is 5.56 Å². The number of amides is 2. The second kappa shape index (κ2) is 8.69. The summed E-state index contributed by atoms with van der Waals surface area (Å²) >= 11 is 5.82. The Kier molecular flexibility index (Phi) is 5.83. The maximum atomic E-state index is 11.7. The molecule has 0 atom stereocenters. The maximum Gasteiger partial charge on any atom is 0.333 e. The number of aromatic nitrogens is 2. The topological polar surface area (TPSA) is 102 Å². The Morgan fingerprint density at radius 3 is 2.70 bits per heavy atom. The summed E-state index contributed by atoms with van der Waals surface area (Å²) in [6.07, 6.45) is 2.30. The van der Waals surface area contributed by atoms with Crippen LogP contribution in [0.2, 0.25) is 5.15 Å². The molecular formula is C22H22ClN5O2. The second-order valence-corrected chi connectivity index (χ2v) is 7.64. The zero-order valence-electron chi connectivity index (χ0n) is 16.5. The van der Waals surface area contributed by atoms with E-state index >= 15 is 0 Å². The number of nitrogens with one attached hydrogen (secondary N) is 2. The number of halogens is 1. The molecular weight excluding hydrogens is 402 g/mol. The van der Waals surface area contributed by atoms with E-state index in [1.807, 2.05) is 43.3 Å². The van der Waals surface area contributed by atoms with E-state index in [1.54, 1.807) is 6.07 Å². The van der Waals surface area contributed by atoms with Crippen molar-refractivity contribution in [2.75, 3.05) is 5.32 Å². The van der Waals surface area contributed by atoms with Crippen molar-refractivity contribution in [3.05, 3.63) is 70.4 Å². The Morgan fingerprint density at radius 2 is 2.03 bits per heavy atom. The number of nitrogens with zero attached hydrogens (tertiary/aromatic N) is 2. The molecule has 4 rings (SSSR count). The van der Waals surface area contributed by atoms with Crippen molar-refractivity contribution < 1.29 is 9.53 Å². The van der Waals surface area contributed by atoms with Gasteiger partial charge in [0.2, 0.25) is 0 Å². The first-order valence-electron chi connectivity index (χ1n) is 9.67. The fourth-order valence-electron chi connectivity index (χ4n) is 3.41. The average Bonchev–Trinajstić information content (AvgIpc) is 3.59. The maximum absolute atomic E-state index is 11.7. The summed E-state index contributed by atoms with van der Waals surface area (Å²) in [4.78, 5) is 11.7. The first kappa shape index (κ1) is 20.1. The highest BCUT2D eigenvalue weighted by Gasteiger charge is 2.27. The van der Waals surface area contributed by atoms with Gasteiger partial charge in [0.1, 0.15) is 12.4 Å². The molecule has 2 aromatic carbocycles. The lowest BCUT2D eigenvalue weighted by Crippen LogP contribution is -2.34. The molecule has 30 heavy (non-hydrogen) atoms. The molecule has 1 saturated carbocycles. The fraction of sp³-hybridized carbons (Fsp3) is 0.227. The van der Waals surface area contributed by atoms with Crippen LogP contribution in [-0.2, 0) is 6.61 Å². The SMILES string of the molecule is Cc1cc(-c2ccc(Cl)nn2)ccc1OCc1c(NC(=O)NN)cccc1C1CC1. The van der Waals surface area contributed by atoms with Gasteiger partial charge in [-0.05, 0) is 73.2 Å². The number of carbonyl (C=O) groups excluding carboxylic acids is 1. The number of nitrogens with two attached hydrogens (primary N) is 1. The van der Waals surface area contributed by atoms with Crippen LogP contribution in [0.5, 0.6) is 5.75 Å². The number of rotatable bonds is 6. The normalized spacial score (nSPS) is 13.0. The van der Waals surface area contributed by atoms with Crippen molar-refractivity contribution >= 4 is 23.3 Å². The number of ether oxygens (including phenoxy) is 1. The van der Waals surface area contributed by atoms with Crippen LogP contribution in [0.3, 0.4) is 0 Å².